The van der Waals surface area contributed by atoms with Crippen LogP contribution in [0.1, 0.15) is 22.7 Å². The zero-order valence-electron chi connectivity index (χ0n) is 9.88. The molecule has 0 saturated carbocycles. The van der Waals surface area contributed by atoms with Gasteiger partial charge in [0.15, 0.2) is 0 Å². The van der Waals surface area contributed by atoms with Gasteiger partial charge in [0.2, 0.25) is 0 Å². The van der Waals surface area contributed by atoms with Crippen LogP contribution in [0.3, 0.4) is 0 Å². The van der Waals surface area contributed by atoms with E-state index >= 15 is 0 Å². The molecule has 0 spiro atoms. The summed E-state index contributed by atoms with van der Waals surface area (Å²) in [6, 6.07) is 7.35. The topological polar surface area (TPSA) is 15.3 Å². The van der Waals surface area contributed by atoms with Gasteiger partial charge in [0.25, 0.3) is 0 Å². The molecular formula is C13H20N2. The summed E-state index contributed by atoms with van der Waals surface area (Å²) in [6.07, 6.45) is 0. The van der Waals surface area contributed by atoms with Crippen molar-refractivity contribution in [3.05, 3.63) is 34.9 Å². The largest absolute Gasteiger partial charge is 0.314 e. The number of nitrogens with zero attached hydrogens (tertiary/aromatic N) is 1. The Bertz CT molecular complexity index is 346. The van der Waals surface area contributed by atoms with Crippen LogP contribution in [0.2, 0.25) is 0 Å². The van der Waals surface area contributed by atoms with E-state index in [-0.39, 0.29) is 0 Å². The van der Waals surface area contributed by atoms with Gasteiger partial charge in [0, 0.05) is 25.7 Å². The molecule has 1 saturated heterocycles. The van der Waals surface area contributed by atoms with Crippen LogP contribution in [0.25, 0.3) is 0 Å². The second kappa shape index (κ2) is 4.33. The quantitative estimate of drug-likeness (QED) is 0.751. The molecule has 1 heterocycles. The summed E-state index contributed by atoms with van der Waals surface area (Å²) < 4.78 is 0. The number of hydrogen-bond donors (Lipinski definition) is 1. The van der Waals surface area contributed by atoms with Crippen molar-refractivity contribution in [1.29, 1.82) is 0 Å². The van der Waals surface area contributed by atoms with Crippen LogP contribution in [0.5, 0.6) is 0 Å². The Morgan fingerprint density at radius 1 is 1.27 bits per heavy atom. The molecule has 1 aromatic carbocycles. The molecule has 1 N–H and O–H groups in total. The van der Waals surface area contributed by atoms with Crippen LogP contribution < -0.4 is 5.32 Å². The third-order valence-corrected chi connectivity index (χ3v) is 3.43. The SMILES string of the molecule is Cc1ccc(C2CNCCN2C)cc1C. The predicted molar refractivity (Wildman–Crippen MR) is 64.2 cm³/mol. The molecule has 1 unspecified atom stereocenters. The molecule has 1 atom stereocenters. The molecule has 1 aromatic rings. The van der Waals surface area contributed by atoms with Crippen molar-refractivity contribution in [2.24, 2.45) is 0 Å². The second-order valence-corrected chi connectivity index (χ2v) is 4.54. The molecule has 0 amide bonds. The lowest BCUT2D eigenvalue weighted by molar-refractivity contribution is 0.202. The standard InChI is InChI=1S/C13H20N2/c1-10-4-5-12(8-11(10)2)13-9-14-6-7-15(13)3/h4-5,8,13-14H,6-7,9H2,1-3H3. The van der Waals surface area contributed by atoms with Crippen LogP contribution in [0.4, 0.5) is 0 Å². The van der Waals surface area contributed by atoms with Crippen molar-refractivity contribution < 1.29 is 0 Å². The van der Waals surface area contributed by atoms with Crippen molar-refractivity contribution in [3.63, 3.8) is 0 Å². The lowest BCUT2D eigenvalue weighted by Gasteiger charge is -2.33. The highest BCUT2D eigenvalue weighted by Crippen LogP contribution is 2.22. The highest BCUT2D eigenvalue weighted by Gasteiger charge is 2.20. The fourth-order valence-corrected chi connectivity index (χ4v) is 2.15. The molecule has 2 rings (SSSR count). The van der Waals surface area contributed by atoms with Gasteiger partial charge in [0.1, 0.15) is 0 Å². The van der Waals surface area contributed by atoms with E-state index in [0.29, 0.717) is 6.04 Å². The van der Waals surface area contributed by atoms with Gasteiger partial charge < -0.3 is 5.32 Å². The van der Waals surface area contributed by atoms with Crippen molar-refractivity contribution in [1.82, 2.24) is 10.2 Å². The van der Waals surface area contributed by atoms with Gasteiger partial charge in [-0.1, -0.05) is 18.2 Å². The van der Waals surface area contributed by atoms with Crippen molar-refractivity contribution in [3.8, 4) is 0 Å². The number of likely N-dealkylation sites (N-methyl/N-ethyl adjacent to an activating group) is 1. The molecule has 0 radical (unpaired) electrons. The molecule has 1 fully saturated rings. The Morgan fingerprint density at radius 2 is 2.07 bits per heavy atom. The van der Waals surface area contributed by atoms with E-state index in [1.165, 1.54) is 16.7 Å². The molecule has 0 aromatic heterocycles. The summed E-state index contributed by atoms with van der Waals surface area (Å²) in [4.78, 5) is 2.43. The lowest BCUT2D eigenvalue weighted by atomic mass is 9.99. The number of rotatable bonds is 1. The lowest BCUT2D eigenvalue weighted by Crippen LogP contribution is -2.43. The number of aryl methyl sites for hydroxylation is 2. The maximum atomic E-state index is 3.46. The minimum absolute atomic E-state index is 0.540. The summed E-state index contributed by atoms with van der Waals surface area (Å²) in [6.45, 7) is 7.67. The second-order valence-electron chi connectivity index (χ2n) is 4.54. The fraction of sp³-hybridized carbons (Fsp3) is 0.538. The number of hydrogen-bond acceptors (Lipinski definition) is 2. The van der Waals surface area contributed by atoms with Gasteiger partial charge >= 0.3 is 0 Å². The first-order valence-electron chi connectivity index (χ1n) is 5.66. The smallest absolute Gasteiger partial charge is 0.0470 e. The maximum Gasteiger partial charge on any atom is 0.0470 e. The van der Waals surface area contributed by atoms with E-state index in [0.717, 1.165) is 19.6 Å². The van der Waals surface area contributed by atoms with Gasteiger partial charge in [-0.3, -0.25) is 4.90 Å². The summed E-state index contributed by atoms with van der Waals surface area (Å²) in [5.41, 5.74) is 4.21. The van der Waals surface area contributed by atoms with Crippen molar-refractivity contribution >= 4 is 0 Å². The predicted octanol–water partition coefficient (Wildman–Crippen LogP) is 1.88. The Kier molecular flexibility index (Phi) is 3.08. The zero-order chi connectivity index (χ0) is 10.8. The summed E-state index contributed by atoms with van der Waals surface area (Å²) in [5, 5.41) is 3.46. The van der Waals surface area contributed by atoms with Gasteiger partial charge in [-0.15, -0.1) is 0 Å². The van der Waals surface area contributed by atoms with Gasteiger partial charge in [0.05, 0.1) is 0 Å². The van der Waals surface area contributed by atoms with E-state index in [1.807, 2.05) is 0 Å². The van der Waals surface area contributed by atoms with E-state index in [2.05, 4.69) is 49.3 Å². The average Bonchev–Trinajstić information content (AvgIpc) is 2.23. The van der Waals surface area contributed by atoms with Crippen LogP contribution in [-0.2, 0) is 0 Å². The number of nitrogens with one attached hydrogen (secondary N) is 1. The molecule has 2 nitrogen and oxygen atoms in total. The summed E-state index contributed by atoms with van der Waals surface area (Å²) in [5.74, 6) is 0. The minimum atomic E-state index is 0.540. The molecule has 0 bridgehead atoms. The third kappa shape index (κ3) is 2.21. The van der Waals surface area contributed by atoms with E-state index in [9.17, 15) is 0 Å². The number of benzene rings is 1. The van der Waals surface area contributed by atoms with E-state index < -0.39 is 0 Å². The third-order valence-electron chi connectivity index (χ3n) is 3.43. The fourth-order valence-electron chi connectivity index (χ4n) is 2.15. The molecule has 15 heavy (non-hydrogen) atoms. The highest BCUT2D eigenvalue weighted by atomic mass is 15.2. The molecule has 82 valence electrons. The van der Waals surface area contributed by atoms with Crippen LogP contribution in [-0.4, -0.2) is 31.6 Å². The summed E-state index contributed by atoms with van der Waals surface area (Å²) >= 11 is 0. The highest BCUT2D eigenvalue weighted by molar-refractivity contribution is 5.32. The van der Waals surface area contributed by atoms with Gasteiger partial charge in [-0.2, -0.15) is 0 Å². The Balaban J connectivity index is 2.24. The van der Waals surface area contributed by atoms with Gasteiger partial charge in [-0.05, 0) is 37.6 Å². The van der Waals surface area contributed by atoms with Gasteiger partial charge in [-0.25, -0.2) is 0 Å². The average molecular weight is 204 g/mol. The first-order chi connectivity index (χ1) is 7.18. The first kappa shape index (κ1) is 10.7. The normalized spacial score (nSPS) is 23.0. The Hall–Kier alpha value is -0.860. The molecule has 1 aliphatic heterocycles. The van der Waals surface area contributed by atoms with Crippen LogP contribution >= 0.6 is 0 Å². The van der Waals surface area contributed by atoms with Crippen molar-refractivity contribution in [2.75, 3.05) is 26.7 Å². The van der Waals surface area contributed by atoms with Crippen molar-refractivity contribution in [2.45, 2.75) is 19.9 Å². The van der Waals surface area contributed by atoms with E-state index in [4.69, 9.17) is 0 Å². The molecule has 1 aliphatic rings. The molecule has 0 aliphatic carbocycles. The minimum Gasteiger partial charge on any atom is -0.314 e. The Morgan fingerprint density at radius 3 is 2.73 bits per heavy atom. The maximum absolute atomic E-state index is 3.46. The van der Waals surface area contributed by atoms with E-state index in [1.54, 1.807) is 0 Å². The zero-order valence-corrected chi connectivity index (χ0v) is 9.88. The Labute approximate surface area is 92.3 Å². The molecule has 2 heteroatoms. The van der Waals surface area contributed by atoms with Crippen LogP contribution in [0.15, 0.2) is 18.2 Å². The number of piperazine rings is 1. The summed E-state index contributed by atoms with van der Waals surface area (Å²) in [7, 11) is 2.21. The first-order valence-corrected chi connectivity index (χ1v) is 5.66. The molecular weight excluding hydrogens is 184 g/mol. The monoisotopic (exact) mass is 204 g/mol. The van der Waals surface area contributed by atoms with Crippen LogP contribution in [0, 0.1) is 13.8 Å².